The lowest BCUT2D eigenvalue weighted by atomic mass is 9.85. The summed E-state index contributed by atoms with van der Waals surface area (Å²) in [6.45, 7) is 3.25. The molecule has 1 aliphatic carbocycles. The van der Waals surface area contributed by atoms with Crippen molar-refractivity contribution >= 4 is 5.97 Å². The Morgan fingerprint density at radius 2 is 2.00 bits per heavy atom. The topological polar surface area (TPSA) is 59.0 Å². The predicted octanol–water partition coefficient (Wildman–Crippen LogP) is 1.82. The van der Waals surface area contributed by atoms with Crippen LogP contribution in [0.25, 0.3) is 0 Å². The second-order valence-corrected chi connectivity index (χ2v) is 6.77. The Labute approximate surface area is 136 Å². The average Bonchev–Trinajstić information content (AvgIpc) is 3.18. The Balaban J connectivity index is 1.58. The summed E-state index contributed by atoms with van der Waals surface area (Å²) < 4.78 is 11.2. The van der Waals surface area contributed by atoms with Crippen LogP contribution < -0.4 is 0 Å². The zero-order valence-electron chi connectivity index (χ0n) is 13.4. The molecule has 0 radical (unpaired) electrons. The fourth-order valence-electron chi connectivity index (χ4n) is 3.92. The molecule has 1 saturated carbocycles. The molecule has 2 heterocycles. The van der Waals surface area contributed by atoms with Crippen molar-refractivity contribution in [1.82, 2.24) is 4.90 Å². The maximum atomic E-state index is 12.0. The number of hydrogen-bond donors (Lipinski definition) is 1. The molecule has 1 aromatic carbocycles. The van der Waals surface area contributed by atoms with E-state index < -0.39 is 6.10 Å². The highest BCUT2D eigenvalue weighted by Crippen LogP contribution is 2.52. The Hall–Kier alpha value is -1.43. The number of esters is 1. The summed E-state index contributed by atoms with van der Waals surface area (Å²) in [5.41, 5.74) is 2.24. The lowest BCUT2D eigenvalue weighted by molar-refractivity contribution is -0.145. The molecule has 0 spiro atoms. The molecule has 124 valence electrons. The van der Waals surface area contributed by atoms with Gasteiger partial charge in [0.15, 0.2) is 0 Å². The number of benzene rings is 1. The Morgan fingerprint density at radius 1 is 1.30 bits per heavy atom. The summed E-state index contributed by atoms with van der Waals surface area (Å²) in [7, 11) is 0. The molecule has 0 unspecified atom stereocenters. The Bertz CT molecular complexity index is 600. The van der Waals surface area contributed by atoms with Crippen molar-refractivity contribution in [2.24, 2.45) is 5.92 Å². The van der Waals surface area contributed by atoms with Gasteiger partial charge in [0.1, 0.15) is 18.3 Å². The van der Waals surface area contributed by atoms with Crippen molar-refractivity contribution in [2.75, 3.05) is 19.7 Å². The molecule has 3 aliphatic rings. The molecule has 4 rings (SSSR count). The third kappa shape index (κ3) is 2.67. The van der Waals surface area contributed by atoms with Gasteiger partial charge in [-0.3, -0.25) is 9.69 Å². The third-order valence-corrected chi connectivity index (χ3v) is 5.12. The molecule has 2 bridgehead atoms. The molecular formula is C18H23NO4. The van der Waals surface area contributed by atoms with E-state index in [1.54, 1.807) is 0 Å². The molecular weight excluding hydrogens is 294 g/mol. The Morgan fingerprint density at radius 3 is 2.65 bits per heavy atom. The summed E-state index contributed by atoms with van der Waals surface area (Å²) >= 11 is 0. The van der Waals surface area contributed by atoms with Crippen LogP contribution in [0.3, 0.4) is 0 Å². The third-order valence-electron chi connectivity index (χ3n) is 5.12. The lowest BCUT2D eigenvalue weighted by Crippen LogP contribution is -2.49. The first-order chi connectivity index (χ1) is 11.2. The van der Waals surface area contributed by atoms with Crippen LogP contribution in [-0.2, 0) is 14.3 Å². The van der Waals surface area contributed by atoms with Gasteiger partial charge < -0.3 is 14.6 Å². The van der Waals surface area contributed by atoms with E-state index in [-0.39, 0.29) is 30.8 Å². The van der Waals surface area contributed by atoms with E-state index in [0.29, 0.717) is 12.5 Å². The summed E-state index contributed by atoms with van der Waals surface area (Å²) in [5.74, 6) is 0.405. The number of hydrogen-bond acceptors (Lipinski definition) is 5. The second kappa shape index (κ2) is 5.89. The van der Waals surface area contributed by atoms with E-state index in [2.05, 4.69) is 11.0 Å². The van der Waals surface area contributed by atoms with Crippen molar-refractivity contribution in [3.63, 3.8) is 0 Å². The van der Waals surface area contributed by atoms with Crippen molar-refractivity contribution in [3.8, 4) is 0 Å². The molecule has 5 heteroatoms. The van der Waals surface area contributed by atoms with Crippen LogP contribution in [0.15, 0.2) is 24.3 Å². The van der Waals surface area contributed by atoms with E-state index in [1.165, 1.54) is 12.8 Å². The fourth-order valence-corrected chi connectivity index (χ4v) is 3.92. The van der Waals surface area contributed by atoms with Gasteiger partial charge in [-0.15, -0.1) is 0 Å². The maximum absolute atomic E-state index is 12.0. The van der Waals surface area contributed by atoms with E-state index in [1.807, 2.05) is 25.1 Å². The standard InChI is InChI=1S/C18H23NO4/c1-2-22-14(20)10-19(9-11-7-8-11)15-16(21)18-13-6-4-3-5-12(13)17(15)23-18/h3-6,11,15-18,21H,2,7-10H2,1H3/t15-,16-,17-,18+/m0/s1. The summed E-state index contributed by atoms with van der Waals surface area (Å²) in [6.07, 6.45) is 1.38. The van der Waals surface area contributed by atoms with Crippen molar-refractivity contribution in [1.29, 1.82) is 0 Å². The number of aliphatic hydroxyl groups excluding tert-OH is 1. The zero-order chi connectivity index (χ0) is 16.0. The van der Waals surface area contributed by atoms with E-state index >= 15 is 0 Å². The number of aliphatic hydroxyl groups is 1. The largest absolute Gasteiger partial charge is 0.465 e. The molecule has 23 heavy (non-hydrogen) atoms. The molecule has 2 fully saturated rings. The number of fused-ring (bicyclic) bond motifs is 5. The average molecular weight is 317 g/mol. The van der Waals surface area contributed by atoms with Crippen LogP contribution in [0, 0.1) is 5.92 Å². The molecule has 0 amide bonds. The van der Waals surface area contributed by atoms with Crippen LogP contribution in [0.2, 0.25) is 0 Å². The minimum Gasteiger partial charge on any atom is -0.465 e. The van der Waals surface area contributed by atoms with Gasteiger partial charge >= 0.3 is 5.97 Å². The van der Waals surface area contributed by atoms with Crippen LogP contribution in [-0.4, -0.2) is 47.8 Å². The molecule has 2 aliphatic heterocycles. The summed E-state index contributed by atoms with van der Waals surface area (Å²) in [5, 5.41) is 10.8. The minimum atomic E-state index is -0.594. The van der Waals surface area contributed by atoms with Crippen LogP contribution in [0.1, 0.15) is 43.1 Å². The van der Waals surface area contributed by atoms with Gasteiger partial charge in [0, 0.05) is 6.54 Å². The lowest BCUT2D eigenvalue weighted by Gasteiger charge is -2.35. The first-order valence-corrected chi connectivity index (χ1v) is 8.51. The van der Waals surface area contributed by atoms with Gasteiger partial charge in [0.05, 0.1) is 19.2 Å². The maximum Gasteiger partial charge on any atom is 0.320 e. The number of ether oxygens (including phenoxy) is 2. The normalized spacial score (nSPS) is 31.4. The van der Waals surface area contributed by atoms with Crippen LogP contribution in [0.5, 0.6) is 0 Å². The van der Waals surface area contributed by atoms with E-state index in [9.17, 15) is 9.90 Å². The molecule has 1 N–H and O–H groups in total. The molecule has 5 nitrogen and oxygen atoms in total. The van der Waals surface area contributed by atoms with Gasteiger partial charge in [-0.25, -0.2) is 0 Å². The Kier molecular flexibility index (Phi) is 3.87. The van der Waals surface area contributed by atoms with E-state index in [4.69, 9.17) is 9.47 Å². The van der Waals surface area contributed by atoms with Crippen molar-refractivity contribution < 1.29 is 19.4 Å². The van der Waals surface area contributed by atoms with Gasteiger partial charge in [-0.2, -0.15) is 0 Å². The van der Waals surface area contributed by atoms with Crippen molar-refractivity contribution in [3.05, 3.63) is 35.4 Å². The molecule has 1 aromatic rings. The number of carbonyl (C=O) groups is 1. The highest BCUT2D eigenvalue weighted by Gasteiger charge is 2.54. The van der Waals surface area contributed by atoms with E-state index in [0.717, 1.165) is 17.7 Å². The molecule has 4 atom stereocenters. The van der Waals surface area contributed by atoms with Gasteiger partial charge in [0.2, 0.25) is 0 Å². The SMILES string of the molecule is CCOC(=O)CN(CC1CC1)[C@H]1[C@H](O)[C@@H]2O[C@H]1c1ccccc12. The fraction of sp³-hybridized carbons (Fsp3) is 0.611. The molecule has 0 aromatic heterocycles. The monoisotopic (exact) mass is 317 g/mol. The minimum absolute atomic E-state index is 0.153. The van der Waals surface area contributed by atoms with Gasteiger partial charge in [0.25, 0.3) is 0 Å². The van der Waals surface area contributed by atoms with Gasteiger partial charge in [-0.05, 0) is 36.8 Å². The smallest absolute Gasteiger partial charge is 0.320 e. The number of carbonyl (C=O) groups excluding carboxylic acids is 1. The first-order valence-electron chi connectivity index (χ1n) is 8.51. The summed E-state index contributed by atoms with van der Waals surface area (Å²) in [6, 6.07) is 7.91. The first kappa shape index (κ1) is 15.1. The molecule has 1 saturated heterocycles. The number of rotatable bonds is 6. The van der Waals surface area contributed by atoms with Crippen molar-refractivity contribution in [2.45, 2.75) is 44.1 Å². The number of nitrogens with zero attached hydrogens (tertiary/aromatic N) is 1. The summed E-state index contributed by atoms with van der Waals surface area (Å²) in [4.78, 5) is 14.1. The van der Waals surface area contributed by atoms with Gasteiger partial charge in [-0.1, -0.05) is 24.3 Å². The zero-order valence-corrected chi connectivity index (χ0v) is 13.4. The quantitative estimate of drug-likeness (QED) is 0.811. The highest BCUT2D eigenvalue weighted by molar-refractivity contribution is 5.71. The highest BCUT2D eigenvalue weighted by atomic mass is 16.5. The van der Waals surface area contributed by atoms with Crippen LogP contribution in [0.4, 0.5) is 0 Å². The predicted molar refractivity (Wildman–Crippen MR) is 83.7 cm³/mol. The second-order valence-electron chi connectivity index (χ2n) is 6.77. The van der Waals surface area contributed by atoms with Crippen LogP contribution >= 0.6 is 0 Å².